The Morgan fingerprint density at radius 1 is 1.33 bits per heavy atom. The second-order valence-corrected chi connectivity index (χ2v) is 6.61. The molecule has 1 aliphatic heterocycles. The van der Waals surface area contributed by atoms with Gasteiger partial charge in [-0.15, -0.1) is 0 Å². The molecule has 1 fully saturated rings. The van der Waals surface area contributed by atoms with Gasteiger partial charge < -0.3 is 15.5 Å². The number of hydrogen-bond donors (Lipinski definition) is 2. The molecule has 0 bridgehead atoms. The van der Waals surface area contributed by atoms with Crippen molar-refractivity contribution < 1.29 is 4.79 Å². The standard InChI is InChI=1S/C14H29N3O/c1-11(12-6-8-17(5)9-7-12)15-10-13(18)16-14(2,3)4/h11-12,15H,6-10H2,1-5H3,(H,16,18). The molecular formula is C14H29N3O. The highest BCUT2D eigenvalue weighted by molar-refractivity contribution is 5.78. The first-order valence-corrected chi connectivity index (χ1v) is 7.01. The molecule has 0 aromatic heterocycles. The van der Waals surface area contributed by atoms with Crippen LogP contribution < -0.4 is 10.6 Å². The maximum atomic E-state index is 11.7. The molecule has 1 heterocycles. The molecule has 4 heteroatoms. The van der Waals surface area contributed by atoms with Gasteiger partial charge in [0.2, 0.25) is 5.91 Å². The van der Waals surface area contributed by atoms with Crippen molar-refractivity contribution >= 4 is 5.91 Å². The fraction of sp³-hybridized carbons (Fsp3) is 0.929. The van der Waals surface area contributed by atoms with E-state index in [1.165, 1.54) is 25.9 Å². The lowest BCUT2D eigenvalue weighted by atomic mass is 9.90. The molecule has 0 aliphatic carbocycles. The van der Waals surface area contributed by atoms with E-state index in [4.69, 9.17) is 0 Å². The van der Waals surface area contributed by atoms with Gasteiger partial charge in [-0.1, -0.05) is 0 Å². The van der Waals surface area contributed by atoms with Crippen molar-refractivity contribution in [2.24, 2.45) is 5.92 Å². The highest BCUT2D eigenvalue weighted by Crippen LogP contribution is 2.19. The zero-order valence-electron chi connectivity index (χ0n) is 12.5. The molecule has 1 amide bonds. The quantitative estimate of drug-likeness (QED) is 0.794. The Morgan fingerprint density at radius 3 is 2.39 bits per heavy atom. The maximum Gasteiger partial charge on any atom is 0.234 e. The lowest BCUT2D eigenvalue weighted by molar-refractivity contribution is -0.121. The SMILES string of the molecule is CC(NCC(=O)NC(C)(C)C)C1CCN(C)CC1. The lowest BCUT2D eigenvalue weighted by Crippen LogP contribution is -2.48. The summed E-state index contributed by atoms with van der Waals surface area (Å²) in [6.45, 7) is 11.0. The van der Waals surface area contributed by atoms with Crippen LogP contribution in [-0.2, 0) is 4.79 Å². The van der Waals surface area contributed by atoms with Crippen molar-refractivity contribution in [2.75, 3.05) is 26.7 Å². The normalized spacial score (nSPS) is 20.7. The number of nitrogens with one attached hydrogen (secondary N) is 2. The van der Waals surface area contributed by atoms with E-state index in [9.17, 15) is 4.79 Å². The molecule has 2 N–H and O–H groups in total. The summed E-state index contributed by atoms with van der Waals surface area (Å²) < 4.78 is 0. The second kappa shape index (κ2) is 6.53. The number of hydrogen-bond acceptors (Lipinski definition) is 3. The third kappa shape index (κ3) is 5.83. The molecule has 1 rings (SSSR count). The molecule has 0 aromatic carbocycles. The van der Waals surface area contributed by atoms with E-state index in [1.807, 2.05) is 20.8 Å². The number of nitrogens with zero attached hydrogens (tertiary/aromatic N) is 1. The fourth-order valence-corrected chi connectivity index (χ4v) is 2.41. The minimum atomic E-state index is -0.143. The third-order valence-electron chi connectivity index (χ3n) is 3.57. The molecule has 1 aliphatic rings. The molecule has 1 saturated heterocycles. The van der Waals surface area contributed by atoms with Crippen molar-refractivity contribution in [1.29, 1.82) is 0 Å². The summed E-state index contributed by atoms with van der Waals surface area (Å²) in [6.07, 6.45) is 2.46. The highest BCUT2D eigenvalue weighted by atomic mass is 16.2. The summed E-state index contributed by atoms with van der Waals surface area (Å²) in [5, 5.41) is 6.33. The molecule has 1 atom stereocenters. The summed E-state index contributed by atoms with van der Waals surface area (Å²) in [5.41, 5.74) is -0.143. The molecule has 106 valence electrons. The van der Waals surface area contributed by atoms with Crippen LogP contribution in [0.3, 0.4) is 0 Å². The number of likely N-dealkylation sites (tertiary alicyclic amines) is 1. The predicted molar refractivity (Wildman–Crippen MR) is 75.6 cm³/mol. The van der Waals surface area contributed by atoms with Gasteiger partial charge in [-0.3, -0.25) is 4.79 Å². The van der Waals surface area contributed by atoms with Gasteiger partial charge in [0.1, 0.15) is 0 Å². The van der Waals surface area contributed by atoms with Crippen LogP contribution in [0, 0.1) is 5.92 Å². The number of rotatable bonds is 4. The van der Waals surface area contributed by atoms with Crippen LogP contribution in [0.15, 0.2) is 0 Å². The van der Waals surface area contributed by atoms with Gasteiger partial charge in [0, 0.05) is 11.6 Å². The predicted octanol–water partition coefficient (Wildman–Crippen LogP) is 1.22. The third-order valence-corrected chi connectivity index (χ3v) is 3.57. The van der Waals surface area contributed by atoms with E-state index >= 15 is 0 Å². The highest BCUT2D eigenvalue weighted by Gasteiger charge is 2.22. The van der Waals surface area contributed by atoms with E-state index in [0.29, 0.717) is 18.5 Å². The summed E-state index contributed by atoms with van der Waals surface area (Å²) in [4.78, 5) is 14.1. The lowest BCUT2D eigenvalue weighted by Gasteiger charge is -2.33. The first-order chi connectivity index (χ1) is 8.28. The van der Waals surface area contributed by atoms with E-state index < -0.39 is 0 Å². The van der Waals surface area contributed by atoms with Crippen LogP contribution in [0.4, 0.5) is 0 Å². The van der Waals surface area contributed by atoms with Crippen LogP contribution in [0.5, 0.6) is 0 Å². The van der Waals surface area contributed by atoms with Crippen LogP contribution in [0.1, 0.15) is 40.5 Å². The van der Waals surface area contributed by atoms with Gasteiger partial charge in [0.15, 0.2) is 0 Å². The monoisotopic (exact) mass is 255 g/mol. The Labute approximate surface area is 111 Å². The summed E-state index contributed by atoms with van der Waals surface area (Å²) >= 11 is 0. The number of piperidine rings is 1. The number of carbonyl (C=O) groups excluding carboxylic acids is 1. The van der Waals surface area contributed by atoms with E-state index in [1.54, 1.807) is 0 Å². The first kappa shape index (κ1) is 15.4. The van der Waals surface area contributed by atoms with Crippen LogP contribution in [0.25, 0.3) is 0 Å². The number of amides is 1. The van der Waals surface area contributed by atoms with Crippen molar-refractivity contribution in [3.63, 3.8) is 0 Å². The average molecular weight is 255 g/mol. The molecule has 0 spiro atoms. The first-order valence-electron chi connectivity index (χ1n) is 7.01. The van der Waals surface area contributed by atoms with Crippen LogP contribution in [-0.4, -0.2) is 49.1 Å². The Morgan fingerprint density at radius 2 is 1.89 bits per heavy atom. The van der Waals surface area contributed by atoms with Gasteiger partial charge in [-0.2, -0.15) is 0 Å². The van der Waals surface area contributed by atoms with Crippen molar-refractivity contribution in [2.45, 2.75) is 52.1 Å². The Bertz CT molecular complexity index is 265. The fourth-order valence-electron chi connectivity index (χ4n) is 2.41. The molecule has 18 heavy (non-hydrogen) atoms. The summed E-state index contributed by atoms with van der Waals surface area (Å²) in [6, 6.07) is 0.421. The topological polar surface area (TPSA) is 44.4 Å². The molecular weight excluding hydrogens is 226 g/mol. The minimum Gasteiger partial charge on any atom is -0.350 e. The van der Waals surface area contributed by atoms with Crippen LogP contribution in [0.2, 0.25) is 0 Å². The van der Waals surface area contributed by atoms with E-state index in [0.717, 1.165) is 0 Å². The smallest absolute Gasteiger partial charge is 0.234 e. The van der Waals surface area contributed by atoms with E-state index in [-0.39, 0.29) is 11.4 Å². The maximum absolute atomic E-state index is 11.7. The second-order valence-electron chi connectivity index (χ2n) is 6.61. The zero-order valence-corrected chi connectivity index (χ0v) is 12.5. The Balaban J connectivity index is 2.24. The minimum absolute atomic E-state index is 0.0854. The van der Waals surface area contributed by atoms with Gasteiger partial charge >= 0.3 is 0 Å². The average Bonchev–Trinajstić information content (AvgIpc) is 2.24. The Hall–Kier alpha value is -0.610. The van der Waals surface area contributed by atoms with E-state index in [2.05, 4.69) is 29.5 Å². The van der Waals surface area contributed by atoms with Crippen LogP contribution >= 0.6 is 0 Å². The van der Waals surface area contributed by atoms with Gasteiger partial charge in [-0.25, -0.2) is 0 Å². The summed E-state index contributed by atoms with van der Waals surface area (Å²) in [5.74, 6) is 0.783. The van der Waals surface area contributed by atoms with Gasteiger partial charge in [-0.05, 0) is 66.6 Å². The molecule has 0 aromatic rings. The van der Waals surface area contributed by atoms with Gasteiger partial charge in [0.05, 0.1) is 6.54 Å². The molecule has 0 radical (unpaired) electrons. The largest absolute Gasteiger partial charge is 0.350 e. The molecule has 4 nitrogen and oxygen atoms in total. The number of carbonyl (C=O) groups is 1. The molecule has 1 unspecified atom stereocenters. The zero-order chi connectivity index (χ0) is 13.8. The Kier molecular flexibility index (Phi) is 5.60. The van der Waals surface area contributed by atoms with Crippen molar-refractivity contribution in [3.8, 4) is 0 Å². The summed E-state index contributed by atoms with van der Waals surface area (Å²) in [7, 11) is 2.17. The van der Waals surface area contributed by atoms with Crippen molar-refractivity contribution in [3.05, 3.63) is 0 Å². The molecule has 0 saturated carbocycles. The van der Waals surface area contributed by atoms with Crippen molar-refractivity contribution in [1.82, 2.24) is 15.5 Å². The van der Waals surface area contributed by atoms with Gasteiger partial charge in [0.25, 0.3) is 0 Å².